The van der Waals surface area contributed by atoms with Gasteiger partial charge in [0.25, 0.3) is 0 Å². The van der Waals surface area contributed by atoms with Gasteiger partial charge in [-0.05, 0) is 38.5 Å². The molecule has 11 heteroatoms. The van der Waals surface area contributed by atoms with Crippen LogP contribution in [0.3, 0.4) is 0 Å². The number of aliphatic carboxylic acids is 1. The van der Waals surface area contributed by atoms with Gasteiger partial charge in [-0.3, -0.25) is 18.6 Å². The molecule has 3 atom stereocenters. The summed E-state index contributed by atoms with van der Waals surface area (Å²) < 4.78 is 33.4. The van der Waals surface area contributed by atoms with Gasteiger partial charge < -0.3 is 25.2 Å². The van der Waals surface area contributed by atoms with E-state index in [0.29, 0.717) is 13.0 Å². The Balaban J connectivity index is 4.05. The second-order valence-corrected chi connectivity index (χ2v) is 18.1. The smallest absolute Gasteiger partial charge is 0.472 e. The monoisotopic (exact) mass is 858 g/mol. The maximum Gasteiger partial charge on any atom is 0.472 e. The normalized spacial score (nSPS) is 14.0. The summed E-state index contributed by atoms with van der Waals surface area (Å²) in [7, 11) is -4.62. The van der Waals surface area contributed by atoms with E-state index in [2.05, 4.69) is 38.2 Å². The van der Waals surface area contributed by atoms with Gasteiger partial charge in [-0.2, -0.15) is 0 Å². The van der Waals surface area contributed by atoms with Crippen molar-refractivity contribution >= 4 is 19.8 Å². The highest BCUT2D eigenvalue weighted by molar-refractivity contribution is 7.47. The predicted octanol–water partition coefficient (Wildman–Crippen LogP) is 13.9. The minimum Gasteiger partial charge on any atom is -0.480 e. The number of phosphoric acid groups is 1. The molecule has 10 nitrogen and oxygen atoms in total. The Kier molecular flexibility index (Phi) is 43.3. The Bertz CT molecular complexity index is 1040. The number of rotatable bonds is 47. The Morgan fingerprint density at radius 1 is 0.542 bits per heavy atom. The van der Waals surface area contributed by atoms with E-state index in [-0.39, 0.29) is 13.0 Å². The SMILES string of the molecule is CCC/C=C\C/C=C\CCCCCCCC(=O)OC(COCCCCCCCCCCCCCCCCCCCCCCCCCC)COP(=O)(O)OCC(N)C(=O)O. The van der Waals surface area contributed by atoms with Crippen LogP contribution in [-0.2, 0) is 32.7 Å². The van der Waals surface area contributed by atoms with Gasteiger partial charge in [0.2, 0.25) is 0 Å². The van der Waals surface area contributed by atoms with Crippen molar-refractivity contribution in [3.05, 3.63) is 24.3 Å². The van der Waals surface area contributed by atoms with Gasteiger partial charge in [0.05, 0.1) is 19.8 Å². The van der Waals surface area contributed by atoms with E-state index < -0.39 is 45.1 Å². The number of nitrogens with two attached hydrogens (primary N) is 1. The number of carboxylic acids is 1. The number of carbonyl (C=O) groups excluding carboxylic acids is 1. The van der Waals surface area contributed by atoms with Crippen molar-refractivity contribution < 1.29 is 42.7 Å². The quantitative estimate of drug-likeness (QED) is 0.0233. The van der Waals surface area contributed by atoms with Crippen LogP contribution in [0.4, 0.5) is 0 Å². The van der Waals surface area contributed by atoms with E-state index in [1.54, 1.807) is 0 Å². The van der Waals surface area contributed by atoms with Crippen molar-refractivity contribution in [2.24, 2.45) is 5.73 Å². The zero-order chi connectivity index (χ0) is 43.3. The van der Waals surface area contributed by atoms with Gasteiger partial charge in [0.1, 0.15) is 12.1 Å². The molecule has 0 heterocycles. The lowest BCUT2D eigenvalue weighted by molar-refractivity contribution is -0.154. The third-order valence-corrected chi connectivity index (χ3v) is 11.7. The molecule has 3 unspecified atom stereocenters. The van der Waals surface area contributed by atoms with E-state index in [4.69, 9.17) is 29.4 Å². The summed E-state index contributed by atoms with van der Waals surface area (Å²) in [4.78, 5) is 33.6. The zero-order valence-corrected chi connectivity index (χ0v) is 39.0. The molecule has 0 saturated carbocycles. The third-order valence-electron chi connectivity index (χ3n) is 10.7. The molecule has 0 radical (unpaired) electrons. The Morgan fingerprint density at radius 3 is 1.44 bits per heavy atom. The van der Waals surface area contributed by atoms with Crippen LogP contribution < -0.4 is 5.73 Å². The fraction of sp³-hybridized carbons (Fsp3) is 0.875. The van der Waals surface area contributed by atoms with E-state index in [9.17, 15) is 19.0 Å². The average molecular weight is 858 g/mol. The lowest BCUT2D eigenvalue weighted by Gasteiger charge is -2.20. The molecule has 59 heavy (non-hydrogen) atoms. The van der Waals surface area contributed by atoms with Gasteiger partial charge in [0.15, 0.2) is 0 Å². The number of carbonyl (C=O) groups is 2. The van der Waals surface area contributed by atoms with Gasteiger partial charge >= 0.3 is 19.8 Å². The first-order valence-electron chi connectivity index (χ1n) is 24.4. The molecule has 0 spiro atoms. The number of carboxylic acid groups (broad SMARTS) is 1. The summed E-state index contributed by atoms with van der Waals surface area (Å²) in [6, 6.07) is -1.47. The Hall–Kier alpha value is -1.55. The van der Waals surface area contributed by atoms with E-state index in [1.807, 2.05) is 0 Å². The van der Waals surface area contributed by atoms with Gasteiger partial charge in [-0.25, -0.2) is 4.57 Å². The van der Waals surface area contributed by atoms with Crippen molar-refractivity contribution in [3.63, 3.8) is 0 Å². The number of ether oxygens (including phenoxy) is 2. The molecular formula is C48H92NO9P. The summed E-state index contributed by atoms with van der Waals surface area (Å²) in [5.41, 5.74) is 5.36. The van der Waals surface area contributed by atoms with Crippen LogP contribution in [0, 0.1) is 0 Å². The molecule has 348 valence electrons. The number of phosphoric ester groups is 1. The van der Waals surface area contributed by atoms with Crippen LogP contribution in [-0.4, -0.2) is 60.5 Å². The minimum absolute atomic E-state index is 0.0155. The lowest BCUT2D eigenvalue weighted by Crippen LogP contribution is -2.34. The van der Waals surface area contributed by atoms with Crippen LogP contribution in [0.25, 0.3) is 0 Å². The molecule has 0 aromatic rings. The van der Waals surface area contributed by atoms with E-state index >= 15 is 0 Å². The Labute approximate surface area is 362 Å². The number of allylic oxidation sites excluding steroid dienone is 4. The third kappa shape index (κ3) is 44.3. The maximum absolute atomic E-state index is 12.6. The maximum atomic E-state index is 12.6. The number of esters is 1. The molecule has 0 rings (SSSR count). The van der Waals surface area contributed by atoms with Crippen LogP contribution in [0.1, 0.15) is 232 Å². The summed E-state index contributed by atoms with van der Waals surface area (Å²) in [5, 5.41) is 8.91. The standard InChI is InChI=1S/C48H92NO9P/c1-3-5-7-9-11-13-15-17-18-19-20-21-22-23-24-25-26-27-29-31-33-35-37-39-41-55-42-45(43-56-59(53,54)57-44-46(49)48(51)52)58-47(50)40-38-36-34-32-30-28-16-14-12-10-8-6-4-2/h8,10,14,16,45-46H,3-7,9,11-13,15,17-44,49H2,1-2H3,(H,51,52)(H,53,54)/b10-8-,16-14-. The largest absolute Gasteiger partial charge is 0.480 e. The van der Waals surface area contributed by atoms with Gasteiger partial charge in [0, 0.05) is 13.0 Å². The highest BCUT2D eigenvalue weighted by atomic mass is 31.2. The molecular weight excluding hydrogens is 766 g/mol. The van der Waals surface area contributed by atoms with Crippen molar-refractivity contribution in [1.29, 1.82) is 0 Å². The van der Waals surface area contributed by atoms with Crippen LogP contribution in [0.15, 0.2) is 24.3 Å². The number of hydrogen-bond acceptors (Lipinski definition) is 8. The molecule has 0 saturated heterocycles. The molecule has 0 aliphatic rings. The molecule has 0 amide bonds. The molecule has 0 aromatic heterocycles. The summed E-state index contributed by atoms with van der Waals surface area (Å²) >= 11 is 0. The molecule has 0 fully saturated rings. The minimum atomic E-state index is -4.62. The molecule has 0 aromatic carbocycles. The first-order chi connectivity index (χ1) is 28.7. The zero-order valence-electron chi connectivity index (χ0n) is 38.1. The second kappa shape index (κ2) is 44.5. The molecule has 0 aliphatic heterocycles. The molecule has 0 aliphatic carbocycles. The fourth-order valence-electron chi connectivity index (χ4n) is 6.94. The van der Waals surface area contributed by atoms with Crippen LogP contribution in [0.2, 0.25) is 0 Å². The highest BCUT2D eigenvalue weighted by Gasteiger charge is 2.27. The number of unbranched alkanes of at least 4 members (excludes halogenated alkanes) is 29. The first-order valence-corrected chi connectivity index (χ1v) is 25.9. The van der Waals surface area contributed by atoms with Gasteiger partial charge in [-0.15, -0.1) is 0 Å². The van der Waals surface area contributed by atoms with Crippen molar-refractivity contribution in [1.82, 2.24) is 0 Å². The predicted molar refractivity (Wildman–Crippen MR) is 245 cm³/mol. The Morgan fingerprint density at radius 2 is 0.966 bits per heavy atom. The van der Waals surface area contributed by atoms with E-state index in [1.165, 1.54) is 141 Å². The highest BCUT2D eigenvalue weighted by Crippen LogP contribution is 2.43. The average Bonchev–Trinajstić information content (AvgIpc) is 3.21. The summed E-state index contributed by atoms with van der Waals surface area (Å²) in [5.74, 6) is -1.79. The van der Waals surface area contributed by atoms with Crippen molar-refractivity contribution in [3.8, 4) is 0 Å². The number of hydrogen-bond donors (Lipinski definition) is 3. The molecule has 0 bridgehead atoms. The van der Waals surface area contributed by atoms with Crippen LogP contribution >= 0.6 is 7.82 Å². The fourth-order valence-corrected chi connectivity index (χ4v) is 7.72. The van der Waals surface area contributed by atoms with Crippen molar-refractivity contribution in [2.45, 2.75) is 244 Å². The van der Waals surface area contributed by atoms with Crippen LogP contribution in [0.5, 0.6) is 0 Å². The van der Waals surface area contributed by atoms with Gasteiger partial charge in [-0.1, -0.05) is 212 Å². The molecule has 4 N–H and O–H groups in total. The summed E-state index contributed by atoms with van der Waals surface area (Å²) in [6.07, 6.45) is 49.6. The van der Waals surface area contributed by atoms with E-state index in [0.717, 1.165) is 64.2 Å². The van der Waals surface area contributed by atoms with Crippen molar-refractivity contribution in [2.75, 3.05) is 26.4 Å². The lowest BCUT2D eigenvalue weighted by atomic mass is 10.0. The topological polar surface area (TPSA) is 155 Å². The second-order valence-electron chi connectivity index (χ2n) is 16.6. The summed E-state index contributed by atoms with van der Waals surface area (Å²) in [6.45, 7) is 3.84. The first kappa shape index (κ1) is 57.4.